The number of hydrogen-bond donors (Lipinski definition) is 0. The largest absolute Gasteiger partial charge is 0.339 e. The van der Waals surface area contributed by atoms with E-state index < -0.39 is 10.0 Å². The lowest BCUT2D eigenvalue weighted by Crippen LogP contribution is -2.50. The van der Waals surface area contributed by atoms with Gasteiger partial charge in [-0.15, -0.1) is 0 Å². The minimum absolute atomic E-state index is 0.197. The molecule has 1 aliphatic carbocycles. The van der Waals surface area contributed by atoms with Crippen LogP contribution in [0, 0.1) is 5.92 Å². The number of amides is 1. The molecule has 1 aromatic rings. The highest BCUT2D eigenvalue weighted by molar-refractivity contribution is 7.89. The van der Waals surface area contributed by atoms with Crippen LogP contribution in [-0.4, -0.2) is 49.2 Å². The lowest BCUT2D eigenvalue weighted by atomic mass is 9.78. The van der Waals surface area contributed by atoms with E-state index in [1.54, 1.807) is 16.4 Å². The fourth-order valence-corrected chi connectivity index (χ4v) is 6.76. The maximum absolute atomic E-state index is 13.0. The zero-order valence-electron chi connectivity index (χ0n) is 16.7. The summed E-state index contributed by atoms with van der Waals surface area (Å²) in [5.74, 6) is 0.881. The third kappa shape index (κ3) is 4.13. The van der Waals surface area contributed by atoms with Crippen LogP contribution in [0.5, 0.6) is 0 Å². The predicted octanol–water partition coefficient (Wildman–Crippen LogP) is 3.58. The molecular formula is C22H32N2O3S. The van der Waals surface area contributed by atoms with E-state index in [-0.39, 0.29) is 5.91 Å². The first-order chi connectivity index (χ1) is 13.6. The molecule has 1 saturated carbocycles. The van der Waals surface area contributed by atoms with Crippen molar-refractivity contribution in [1.82, 2.24) is 9.21 Å². The maximum Gasteiger partial charge on any atom is 0.243 e. The summed E-state index contributed by atoms with van der Waals surface area (Å²) >= 11 is 0. The summed E-state index contributed by atoms with van der Waals surface area (Å²) in [7, 11) is -3.41. The fourth-order valence-electron chi connectivity index (χ4n) is 5.24. The molecule has 1 amide bonds. The fraction of sp³-hybridized carbons (Fsp3) is 0.682. The third-order valence-electron chi connectivity index (χ3n) is 6.80. The molecule has 28 heavy (non-hydrogen) atoms. The zero-order chi connectivity index (χ0) is 19.6. The monoisotopic (exact) mass is 404 g/mol. The van der Waals surface area contributed by atoms with Gasteiger partial charge in [0.1, 0.15) is 0 Å². The SMILES string of the molecule is O=C(Cc1ccc(S(=O)(=O)N2CCCCC2)cc1)N1CCCC2CCCCC21. The van der Waals surface area contributed by atoms with Gasteiger partial charge in [0.25, 0.3) is 0 Å². The molecule has 0 N–H and O–H groups in total. The van der Waals surface area contributed by atoms with E-state index in [2.05, 4.69) is 4.90 Å². The Hall–Kier alpha value is -1.40. The molecule has 0 bridgehead atoms. The molecule has 2 atom stereocenters. The minimum atomic E-state index is -3.41. The number of likely N-dealkylation sites (tertiary alicyclic amines) is 1. The van der Waals surface area contributed by atoms with E-state index in [0.29, 0.717) is 36.4 Å². The molecule has 0 spiro atoms. The molecule has 0 aromatic heterocycles. The van der Waals surface area contributed by atoms with Crippen molar-refractivity contribution in [2.24, 2.45) is 5.92 Å². The molecule has 6 heteroatoms. The number of carbonyl (C=O) groups excluding carboxylic acids is 1. The van der Waals surface area contributed by atoms with Gasteiger partial charge in [0.15, 0.2) is 0 Å². The second kappa shape index (κ2) is 8.54. The molecule has 5 nitrogen and oxygen atoms in total. The number of sulfonamides is 1. The van der Waals surface area contributed by atoms with Crippen LogP contribution >= 0.6 is 0 Å². The molecule has 2 aliphatic heterocycles. The van der Waals surface area contributed by atoms with Crippen molar-refractivity contribution in [3.05, 3.63) is 29.8 Å². The number of nitrogens with zero attached hydrogens (tertiary/aromatic N) is 2. The number of piperidine rings is 2. The van der Waals surface area contributed by atoms with E-state index in [4.69, 9.17) is 0 Å². The first kappa shape index (κ1) is 19.9. The predicted molar refractivity (Wildman–Crippen MR) is 109 cm³/mol. The van der Waals surface area contributed by atoms with Gasteiger partial charge in [-0.25, -0.2) is 8.42 Å². The Bertz CT molecular complexity index is 783. The number of rotatable bonds is 4. The van der Waals surface area contributed by atoms with Gasteiger partial charge in [-0.1, -0.05) is 31.4 Å². The van der Waals surface area contributed by atoms with Gasteiger partial charge in [-0.05, 0) is 62.1 Å². The number of carbonyl (C=O) groups is 1. The minimum Gasteiger partial charge on any atom is -0.339 e. The van der Waals surface area contributed by atoms with Crippen LogP contribution in [-0.2, 0) is 21.2 Å². The smallest absolute Gasteiger partial charge is 0.243 e. The molecular weight excluding hydrogens is 372 g/mol. The van der Waals surface area contributed by atoms with E-state index >= 15 is 0 Å². The molecule has 154 valence electrons. The van der Waals surface area contributed by atoms with Gasteiger partial charge < -0.3 is 4.90 Å². The summed E-state index contributed by atoms with van der Waals surface area (Å²) in [6, 6.07) is 7.40. The maximum atomic E-state index is 13.0. The molecule has 0 radical (unpaired) electrons. The Morgan fingerprint density at radius 2 is 1.54 bits per heavy atom. The van der Waals surface area contributed by atoms with Crippen molar-refractivity contribution < 1.29 is 13.2 Å². The summed E-state index contributed by atoms with van der Waals surface area (Å²) in [5, 5.41) is 0. The van der Waals surface area contributed by atoms with Crippen LogP contribution in [0.15, 0.2) is 29.2 Å². The normalized spacial score (nSPS) is 26.6. The molecule has 2 saturated heterocycles. The topological polar surface area (TPSA) is 57.7 Å². The third-order valence-corrected chi connectivity index (χ3v) is 8.71. The Balaban J connectivity index is 1.42. The molecule has 3 fully saturated rings. The number of benzene rings is 1. The van der Waals surface area contributed by atoms with E-state index in [0.717, 1.165) is 44.2 Å². The quantitative estimate of drug-likeness (QED) is 0.771. The van der Waals surface area contributed by atoms with Gasteiger partial charge in [0.2, 0.25) is 15.9 Å². The summed E-state index contributed by atoms with van der Waals surface area (Å²) in [6.07, 6.45) is 10.6. The van der Waals surface area contributed by atoms with Crippen LogP contribution < -0.4 is 0 Å². The second-order valence-electron chi connectivity index (χ2n) is 8.63. The van der Waals surface area contributed by atoms with Crippen LogP contribution in [0.1, 0.15) is 63.4 Å². The van der Waals surface area contributed by atoms with Crippen LogP contribution in [0.2, 0.25) is 0 Å². The molecule has 1 aromatic carbocycles. The number of hydrogen-bond acceptors (Lipinski definition) is 3. The summed E-state index contributed by atoms with van der Waals surface area (Å²) in [4.78, 5) is 15.4. The molecule has 3 aliphatic rings. The zero-order valence-corrected chi connectivity index (χ0v) is 17.5. The lowest BCUT2D eigenvalue weighted by molar-refractivity contribution is -0.136. The van der Waals surface area contributed by atoms with Gasteiger partial charge in [0.05, 0.1) is 11.3 Å². The highest BCUT2D eigenvalue weighted by Gasteiger charge is 2.35. The second-order valence-corrected chi connectivity index (χ2v) is 10.6. The highest BCUT2D eigenvalue weighted by atomic mass is 32.2. The highest BCUT2D eigenvalue weighted by Crippen LogP contribution is 2.35. The van der Waals surface area contributed by atoms with Gasteiger partial charge in [-0.2, -0.15) is 4.31 Å². The Morgan fingerprint density at radius 3 is 2.29 bits per heavy atom. The Labute approximate surface area is 169 Å². The first-order valence-electron chi connectivity index (χ1n) is 10.9. The Morgan fingerprint density at radius 1 is 0.857 bits per heavy atom. The van der Waals surface area contributed by atoms with Crippen molar-refractivity contribution in [2.45, 2.75) is 75.1 Å². The van der Waals surface area contributed by atoms with Crippen LogP contribution in [0.3, 0.4) is 0 Å². The summed E-state index contributed by atoms with van der Waals surface area (Å²) in [6.45, 7) is 2.10. The standard InChI is InChI=1S/C22H32N2O3S/c25-22(24-16-6-8-19-7-2-3-9-21(19)24)17-18-10-12-20(13-11-18)28(26,27)23-14-4-1-5-15-23/h10-13,19,21H,1-9,14-17H2. The number of fused-ring (bicyclic) bond motifs is 1. The van der Waals surface area contributed by atoms with E-state index in [9.17, 15) is 13.2 Å². The van der Waals surface area contributed by atoms with Crippen molar-refractivity contribution >= 4 is 15.9 Å². The van der Waals surface area contributed by atoms with Crippen LogP contribution in [0.25, 0.3) is 0 Å². The van der Waals surface area contributed by atoms with Crippen LogP contribution in [0.4, 0.5) is 0 Å². The van der Waals surface area contributed by atoms with E-state index in [1.165, 1.54) is 25.7 Å². The van der Waals surface area contributed by atoms with Crippen molar-refractivity contribution in [3.8, 4) is 0 Å². The van der Waals surface area contributed by atoms with E-state index in [1.807, 2.05) is 12.1 Å². The average Bonchev–Trinajstić information content (AvgIpc) is 2.74. The van der Waals surface area contributed by atoms with Crippen molar-refractivity contribution in [3.63, 3.8) is 0 Å². The van der Waals surface area contributed by atoms with Crippen molar-refractivity contribution in [2.75, 3.05) is 19.6 Å². The van der Waals surface area contributed by atoms with Gasteiger partial charge >= 0.3 is 0 Å². The molecule has 2 unspecified atom stereocenters. The van der Waals surface area contributed by atoms with Gasteiger partial charge in [-0.3, -0.25) is 4.79 Å². The average molecular weight is 405 g/mol. The van der Waals surface area contributed by atoms with Gasteiger partial charge in [0, 0.05) is 25.7 Å². The first-order valence-corrected chi connectivity index (χ1v) is 12.4. The molecule has 2 heterocycles. The lowest BCUT2D eigenvalue weighted by Gasteiger charge is -2.44. The summed E-state index contributed by atoms with van der Waals surface area (Å²) in [5.41, 5.74) is 0.903. The summed E-state index contributed by atoms with van der Waals surface area (Å²) < 4.78 is 27.1. The van der Waals surface area contributed by atoms with Crippen molar-refractivity contribution in [1.29, 1.82) is 0 Å². The molecule has 4 rings (SSSR count). The Kier molecular flexibility index (Phi) is 6.07.